The highest BCUT2D eigenvalue weighted by molar-refractivity contribution is 9.10. The molecule has 1 aliphatic carbocycles. The Morgan fingerprint density at radius 1 is 1.25 bits per heavy atom. The van der Waals surface area contributed by atoms with Gasteiger partial charge in [-0.2, -0.15) is 0 Å². The van der Waals surface area contributed by atoms with Crippen LogP contribution in [0.15, 0.2) is 22.8 Å². The highest BCUT2D eigenvalue weighted by atomic mass is 79.9. The zero-order valence-electron chi connectivity index (χ0n) is 9.91. The first-order valence-corrected chi connectivity index (χ1v) is 6.82. The van der Waals surface area contributed by atoms with Gasteiger partial charge in [0.05, 0.1) is 0 Å². The molecule has 0 spiro atoms. The molecular formula is C13H19BrN2. The Bertz CT molecular complexity index is 336. The van der Waals surface area contributed by atoms with Crippen molar-refractivity contribution in [3.63, 3.8) is 0 Å². The molecule has 1 aromatic rings. The molecule has 0 aromatic carbocycles. The predicted molar refractivity (Wildman–Crippen MR) is 71.5 cm³/mol. The molecule has 1 saturated carbocycles. The third-order valence-corrected chi connectivity index (χ3v) is 4.15. The lowest BCUT2D eigenvalue weighted by Crippen LogP contribution is -2.30. The number of rotatable bonds is 2. The van der Waals surface area contributed by atoms with Crippen molar-refractivity contribution in [2.75, 3.05) is 5.32 Å². The molecule has 1 heterocycles. The van der Waals surface area contributed by atoms with E-state index in [-0.39, 0.29) is 0 Å². The molecule has 1 N–H and O–H groups in total. The Labute approximate surface area is 106 Å². The van der Waals surface area contributed by atoms with Crippen LogP contribution in [0.2, 0.25) is 0 Å². The number of halogens is 1. The SMILES string of the molecule is CC1CCC(Nc2ccc(Br)cn2)CC1C. The maximum atomic E-state index is 4.36. The molecule has 88 valence electrons. The van der Waals surface area contributed by atoms with Gasteiger partial charge in [0.2, 0.25) is 0 Å². The van der Waals surface area contributed by atoms with Crippen LogP contribution in [0.4, 0.5) is 5.82 Å². The number of aromatic nitrogens is 1. The molecule has 3 heteroatoms. The van der Waals surface area contributed by atoms with Gasteiger partial charge >= 0.3 is 0 Å². The van der Waals surface area contributed by atoms with Crippen LogP contribution < -0.4 is 5.32 Å². The average molecular weight is 283 g/mol. The quantitative estimate of drug-likeness (QED) is 0.884. The second-order valence-corrected chi connectivity index (χ2v) is 5.89. The summed E-state index contributed by atoms with van der Waals surface area (Å²) in [5.41, 5.74) is 0. The van der Waals surface area contributed by atoms with Crippen molar-refractivity contribution < 1.29 is 0 Å². The monoisotopic (exact) mass is 282 g/mol. The summed E-state index contributed by atoms with van der Waals surface area (Å²) in [6.07, 6.45) is 5.70. The fraction of sp³-hybridized carbons (Fsp3) is 0.615. The fourth-order valence-electron chi connectivity index (χ4n) is 2.35. The molecule has 16 heavy (non-hydrogen) atoms. The van der Waals surface area contributed by atoms with Gasteiger partial charge in [0.1, 0.15) is 5.82 Å². The molecule has 1 aliphatic rings. The van der Waals surface area contributed by atoms with Gasteiger partial charge in [0, 0.05) is 16.7 Å². The van der Waals surface area contributed by atoms with Crippen molar-refractivity contribution in [1.29, 1.82) is 0 Å². The molecule has 0 radical (unpaired) electrons. The molecule has 0 amide bonds. The second kappa shape index (κ2) is 5.17. The van der Waals surface area contributed by atoms with E-state index < -0.39 is 0 Å². The summed E-state index contributed by atoms with van der Waals surface area (Å²) in [6, 6.07) is 4.66. The van der Waals surface area contributed by atoms with E-state index >= 15 is 0 Å². The van der Waals surface area contributed by atoms with Crippen LogP contribution >= 0.6 is 15.9 Å². The van der Waals surface area contributed by atoms with Crippen molar-refractivity contribution in [3.8, 4) is 0 Å². The molecule has 3 atom stereocenters. The highest BCUT2D eigenvalue weighted by Gasteiger charge is 2.24. The molecule has 3 unspecified atom stereocenters. The van der Waals surface area contributed by atoms with Gasteiger partial charge in [0.15, 0.2) is 0 Å². The molecule has 0 saturated heterocycles. The topological polar surface area (TPSA) is 24.9 Å². The van der Waals surface area contributed by atoms with E-state index in [1.54, 1.807) is 0 Å². The van der Waals surface area contributed by atoms with Crippen LogP contribution in [0.1, 0.15) is 33.1 Å². The van der Waals surface area contributed by atoms with Crippen molar-refractivity contribution in [2.24, 2.45) is 11.8 Å². The predicted octanol–water partition coefficient (Wildman–Crippen LogP) is 4.08. The normalized spacial score (nSPS) is 30.1. The third kappa shape index (κ3) is 2.97. The van der Waals surface area contributed by atoms with E-state index in [0.29, 0.717) is 6.04 Å². The number of hydrogen-bond donors (Lipinski definition) is 1. The Morgan fingerprint density at radius 3 is 2.69 bits per heavy atom. The molecule has 0 bridgehead atoms. The number of pyridine rings is 1. The lowest BCUT2D eigenvalue weighted by Gasteiger charge is -2.32. The van der Waals surface area contributed by atoms with Crippen molar-refractivity contribution in [3.05, 3.63) is 22.8 Å². The Balaban J connectivity index is 1.93. The average Bonchev–Trinajstić information content (AvgIpc) is 2.27. The van der Waals surface area contributed by atoms with Gasteiger partial charge in [-0.25, -0.2) is 4.98 Å². The number of hydrogen-bond acceptors (Lipinski definition) is 2. The minimum atomic E-state index is 0.597. The van der Waals surface area contributed by atoms with Gasteiger partial charge in [-0.05, 0) is 59.2 Å². The van der Waals surface area contributed by atoms with Crippen molar-refractivity contribution in [1.82, 2.24) is 4.98 Å². The highest BCUT2D eigenvalue weighted by Crippen LogP contribution is 2.30. The number of anilines is 1. The minimum absolute atomic E-state index is 0.597. The summed E-state index contributed by atoms with van der Waals surface area (Å²) in [4.78, 5) is 4.36. The molecule has 0 aliphatic heterocycles. The van der Waals surface area contributed by atoms with E-state index in [1.165, 1.54) is 19.3 Å². The molecular weight excluding hydrogens is 264 g/mol. The first-order valence-electron chi connectivity index (χ1n) is 6.03. The van der Waals surface area contributed by atoms with E-state index in [1.807, 2.05) is 18.3 Å². The van der Waals surface area contributed by atoms with E-state index in [2.05, 4.69) is 40.1 Å². The van der Waals surface area contributed by atoms with Gasteiger partial charge < -0.3 is 5.32 Å². The lowest BCUT2D eigenvalue weighted by atomic mass is 9.79. The van der Waals surface area contributed by atoms with Crippen LogP contribution in [0, 0.1) is 11.8 Å². The maximum Gasteiger partial charge on any atom is 0.126 e. The summed E-state index contributed by atoms with van der Waals surface area (Å²) in [5.74, 6) is 2.69. The largest absolute Gasteiger partial charge is 0.367 e. The van der Waals surface area contributed by atoms with Crippen LogP contribution in [0.25, 0.3) is 0 Å². The Hall–Kier alpha value is -0.570. The van der Waals surface area contributed by atoms with E-state index in [9.17, 15) is 0 Å². The van der Waals surface area contributed by atoms with Crippen LogP contribution in [0.3, 0.4) is 0 Å². The lowest BCUT2D eigenvalue weighted by molar-refractivity contribution is 0.260. The standard InChI is InChI=1S/C13H19BrN2/c1-9-3-5-12(7-10(9)2)16-13-6-4-11(14)8-15-13/h4,6,8-10,12H,3,5,7H2,1-2H3,(H,15,16). The van der Waals surface area contributed by atoms with Crippen molar-refractivity contribution >= 4 is 21.7 Å². The smallest absolute Gasteiger partial charge is 0.126 e. The molecule has 2 nitrogen and oxygen atoms in total. The molecule has 1 fully saturated rings. The van der Waals surface area contributed by atoms with Crippen molar-refractivity contribution in [2.45, 2.75) is 39.2 Å². The fourth-order valence-corrected chi connectivity index (χ4v) is 2.58. The number of nitrogens with one attached hydrogen (secondary N) is 1. The van der Waals surface area contributed by atoms with Gasteiger partial charge in [0.25, 0.3) is 0 Å². The summed E-state index contributed by atoms with van der Waals surface area (Å²) in [6.45, 7) is 4.71. The van der Waals surface area contributed by atoms with E-state index in [0.717, 1.165) is 22.1 Å². The van der Waals surface area contributed by atoms with E-state index in [4.69, 9.17) is 0 Å². The minimum Gasteiger partial charge on any atom is -0.367 e. The summed E-state index contributed by atoms with van der Waals surface area (Å²) >= 11 is 3.40. The number of nitrogens with zero attached hydrogens (tertiary/aromatic N) is 1. The zero-order chi connectivity index (χ0) is 11.5. The second-order valence-electron chi connectivity index (χ2n) is 4.97. The van der Waals surface area contributed by atoms with Gasteiger partial charge in [-0.3, -0.25) is 0 Å². The Kier molecular flexibility index (Phi) is 3.85. The zero-order valence-corrected chi connectivity index (χ0v) is 11.5. The van der Waals surface area contributed by atoms with Crippen LogP contribution in [-0.4, -0.2) is 11.0 Å². The van der Waals surface area contributed by atoms with Gasteiger partial charge in [-0.1, -0.05) is 13.8 Å². The van der Waals surface area contributed by atoms with Gasteiger partial charge in [-0.15, -0.1) is 0 Å². The summed E-state index contributed by atoms with van der Waals surface area (Å²) in [5, 5.41) is 3.53. The maximum absolute atomic E-state index is 4.36. The summed E-state index contributed by atoms with van der Waals surface area (Å²) < 4.78 is 1.03. The first kappa shape index (κ1) is 11.9. The molecule has 2 rings (SSSR count). The van der Waals surface area contributed by atoms with Crippen LogP contribution in [0.5, 0.6) is 0 Å². The third-order valence-electron chi connectivity index (χ3n) is 3.68. The molecule has 1 aromatic heterocycles. The Morgan fingerprint density at radius 2 is 2.06 bits per heavy atom. The van der Waals surface area contributed by atoms with Crippen LogP contribution in [-0.2, 0) is 0 Å². The first-order chi connectivity index (χ1) is 7.65. The summed E-state index contributed by atoms with van der Waals surface area (Å²) in [7, 11) is 0.